The van der Waals surface area contributed by atoms with Crippen molar-refractivity contribution in [3.05, 3.63) is 12.2 Å². The van der Waals surface area contributed by atoms with E-state index in [1.54, 1.807) is 13.0 Å². The molecule has 2 bridgehead atoms. The van der Waals surface area contributed by atoms with Crippen LogP contribution in [0.15, 0.2) is 12.2 Å². The van der Waals surface area contributed by atoms with E-state index in [0.717, 1.165) is 12.8 Å². The molecule has 5 nitrogen and oxygen atoms in total. The Morgan fingerprint density at radius 3 is 2.60 bits per heavy atom. The van der Waals surface area contributed by atoms with Gasteiger partial charge in [0.1, 0.15) is 6.10 Å². The highest BCUT2D eigenvalue weighted by Crippen LogP contribution is 2.49. The number of hydrogen-bond donors (Lipinski definition) is 0. The van der Waals surface area contributed by atoms with Gasteiger partial charge in [0, 0.05) is 5.92 Å². The molecule has 0 spiro atoms. The van der Waals surface area contributed by atoms with Gasteiger partial charge in [0.2, 0.25) is 5.60 Å². The van der Waals surface area contributed by atoms with Crippen LogP contribution in [0.4, 0.5) is 0 Å². The lowest BCUT2D eigenvalue weighted by molar-refractivity contribution is -0.209. The summed E-state index contributed by atoms with van der Waals surface area (Å²) in [5.41, 5.74) is -1.14. The van der Waals surface area contributed by atoms with Crippen LogP contribution in [0.3, 0.4) is 0 Å². The summed E-state index contributed by atoms with van der Waals surface area (Å²) < 4.78 is 23.3. The maximum Gasteiger partial charge on any atom is 0.345 e. The first-order valence-corrected chi connectivity index (χ1v) is 7.47. The largest absolute Gasteiger partial charge is 0.464 e. The first-order chi connectivity index (χ1) is 9.61. The lowest BCUT2D eigenvalue weighted by atomic mass is 9.77. The Hall–Kier alpha value is -0.910. The van der Waals surface area contributed by atoms with Crippen LogP contribution in [-0.2, 0) is 23.7 Å². The Balaban J connectivity index is 1.94. The highest BCUT2D eigenvalue weighted by Gasteiger charge is 2.65. The number of fused-ring (bicyclic) bond motifs is 1. The van der Waals surface area contributed by atoms with Gasteiger partial charge < -0.3 is 18.9 Å². The van der Waals surface area contributed by atoms with E-state index >= 15 is 0 Å². The van der Waals surface area contributed by atoms with E-state index in [9.17, 15) is 4.79 Å². The van der Waals surface area contributed by atoms with Crippen LogP contribution < -0.4 is 0 Å². The smallest absolute Gasteiger partial charge is 0.345 e. The number of rotatable bonds is 4. The molecule has 20 heavy (non-hydrogen) atoms. The summed E-state index contributed by atoms with van der Waals surface area (Å²) in [4.78, 5) is 12.4. The van der Waals surface area contributed by atoms with Gasteiger partial charge in [0.05, 0.1) is 19.3 Å². The third kappa shape index (κ3) is 1.76. The number of carbonyl (C=O) groups excluding carboxylic acids is 1. The molecule has 0 unspecified atom stereocenters. The molecule has 0 aromatic carbocycles. The van der Waals surface area contributed by atoms with Crippen molar-refractivity contribution in [2.45, 2.75) is 57.2 Å². The van der Waals surface area contributed by atoms with Crippen LogP contribution in [-0.4, -0.2) is 42.8 Å². The lowest BCUT2D eigenvalue weighted by Crippen LogP contribution is -2.63. The second kappa shape index (κ2) is 4.83. The fourth-order valence-corrected chi connectivity index (χ4v) is 3.34. The molecule has 3 aliphatic heterocycles. The second-order valence-electron chi connectivity index (χ2n) is 5.59. The van der Waals surface area contributed by atoms with Gasteiger partial charge in [-0.05, 0) is 25.8 Å². The maximum absolute atomic E-state index is 12.4. The SMILES string of the molecule is CCOC(=O)[C@@]12C=C[C@H](CO1)[C@@H]1OC(CC)(CC)O[C@@H]12. The molecule has 5 heteroatoms. The highest BCUT2D eigenvalue weighted by molar-refractivity contribution is 5.84. The molecule has 0 saturated carbocycles. The molecule has 0 amide bonds. The Morgan fingerprint density at radius 1 is 1.30 bits per heavy atom. The van der Waals surface area contributed by atoms with Crippen molar-refractivity contribution >= 4 is 5.97 Å². The zero-order valence-electron chi connectivity index (χ0n) is 12.3. The number of carbonyl (C=O) groups is 1. The van der Waals surface area contributed by atoms with Crippen LogP contribution in [0.25, 0.3) is 0 Å². The van der Waals surface area contributed by atoms with Crippen LogP contribution in [0.2, 0.25) is 0 Å². The Bertz CT molecular complexity index is 428. The van der Waals surface area contributed by atoms with Crippen molar-refractivity contribution in [1.29, 1.82) is 0 Å². The Kier molecular flexibility index (Phi) is 3.39. The van der Waals surface area contributed by atoms with Gasteiger partial charge in [0.25, 0.3) is 0 Å². The minimum Gasteiger partial charge on any atom is -0.464 e. The monoisotopic (exact) mass is 282 g/mol. The Labute approximate surface area is 119 Å². The second-order valence-corrected chi connectivity index (χ2v) is 5.59. The molecule has 112 valence electrons. The fourth-order valence-electron chi connectivity index (χ4n) is 3.34. The summed E-state index contributed by atoms with van der Waals surface area (Å²) in [6, 6.07) is 0. The van der Waals surface area contributed by atoms with E-state index in [2.05, 4.69) is 0 Å². The molecule has 2 fully saturated rings. The molecule has 4 rings (SSSR count). The van der Waals surface area contributed by atoms with Crippen LogP contribution in [0.5, 0.6) is 0 Å². The van der Waals surface area contributed by atoms with Gasteiger partial charge in [-0.1, -0.05) is 19.9 Å². The summed E-state index contributed by atoms with van der Waals surface area (Å²) in [6.45, 7) is 6.66. The van der Waals surface area contributed by atoms with E-state index in [0.29, 0.717) is 13.2 Å². The van der Waals surface area contributed by atoms with Gasteiger partial charge in [0.15, 0.2) is 5.79 Å². The molecule has 4 aliphatic rings. The zero-order chi connectivity index (χ0) is 14.4. The molecule has 0 aromatic heterocycles. The molecule has 3 heterocycles. The third-order valence-electron chi connectivity index (χ3n) is 4.61. The van der Waals surface area contributed by atoms with E-state index in [-0.39, 0.29) is 18.0 Å². The first-order valence-electron chi connectivity index (χ1n) is 7.47. The van der Waals surface area contributed by atoms with E-state index in [4.69, 9.17) is 18.9 Å². The molecular formula is C15H22O5. The molecule has 0 N–H and O–H groups in total. The first kappa shape index (κ1) is 14.0. The Morgan fingerprint density at radius 2 is 2.05 bits per heavy atom. The summed E-state index contributed by atoms with van der Waals surface area (Å²) in [5.74, 6) is -0.835. The van der Waals surface area contributed by atoms with Gasteiger partial charge in [-0.3, -0.25) is 0 Å². The molecule has 0 radical (unpaired) electrons. The summed E-state index contributed by atoms with van der Waals surface area (Å²) >= 11 is 0. The highest BCUT2D eigenvalue weighted by atomic mass is 16.8. The number of esters is 1. The maximum atomic E-state index is 12.4. The molecule has 1 aliphatic carbocycles. The molecular weight excluding hydrogens is 260 g/mol. The van der Waals surface area contributed by atoms with E-state index in [1.807, 2.05) is 19.9 Å². The van der Waals surface area contributed by atoms with E-state index < -0.39 is 17.5 Å². The summed E-state index contributed by atoms with van der Waals surface area (Å²) in [6.07, 6.45) is 4.77. The lowest BCUT2D eigenvalue weighted by Gasteiger charge is -2.45. The van der Waals surface area contributed by atoms with Gasteiger partial charge in [-0.15, -0.1) is 0 Å². The third-order valence-corrected chi connectivity index (χ3v) is 4.61. The van der Waals surface area contributed by atoms with Crippen LogP contribution in [0, 0.1) is 5.92 Å². The molecule has 2 saturated heterocycles. The van der Waals surface area contributed by atoms with Crippen LogP contribution >= 0.6 is 0 Å². The topological polar surface area (TPSA) is 54.0 Å². The predicted octanol–water partition coefficient (Wildman–Crippen LogP) is 1.80. The van der Waals surface area contributed by atoms with Gasteiger partial charge >= 0.3 is 5.97 Å². The van der Waals surface area contributed by atoms with Crippen molar-refractivity contribution in [2.24, 2.45) is 5.92 Å². The van der Waals surface area contributed by atoms with Crippen molar-refractivity contribution < 1.29 is 23.7 Å². The predicted molar refractivity (Wildman–Crippen MR) is 71.0 cm³/mol. The quantitative estimate of drug-likeness (QED) is 0.581. The van der Waals surface area contributed by atoms with Crippen molar-refractivity contribution in [3.8, 4) is 0 Å². The average molecular weight is 282 g/mol. The zero-order valence-corrected chi connectivity index (χ0v) is 12.3. The van der Waals surface area contributed by atoms with Crippen molar-refractivity contribution in [2.75, 3.05) is 13.2 Å². The normalized spacial score (nSPS) is 40.6. The number of hydrogen-bond acceptors (Lipinski definition) is 5. The summed E-state index contributed by atoms with van der Waals surface area (Å²) in [7, 11) is 0. The van der Waals surface area contributed by atoms with Crippen LogP contribution in [0.1, 0.15) is 33.6 Å². The molecule has 4 atom stereocenters. The summed E-state index contributed by atoms with van der Waals surface area (Å²) in [5, 5.41) is 0. The number of ether oxygens (including phenoxy) is 4. The standard InChI is InChI=1S/C15H22O5/c1-4-14(5-2)19-11-10-7-8-15(18-9-10,12(11)20-14)13(16)17-6-3/h7-8,10-12H,4-6,9H2,1-3H3/t10-,11+,12+,15+/m1/s1. The minimum absolute atomic E-state index is 0.127. The van der Waals surface area contributed by atoms with E-state index in [1.165, 1.54) is 0 Å². The van der Waals surface area contributed by atoms with Crippen molar-refractivity contribution in [1.82, 2.24) is 0 Å². The molecule has 0 aromatic rings. The fraction of sp³-hybridized carbons (Fsp3) is 0.800. The van der Waals surface area contributed by atoms with Gasteiger partial charge in [-0.25, -0.2) is 4.79 Å². The minimum atomic E-state index is -1.14. The van der Waals surface area contributed by atoms with Gasteiger partial charge in [-0.2, -0.15) is 0 Å². The average Bonchev–Trinajstić information content (AvgIpc) is 2.91. The van der Waals surface area contributed by atoms with Crippen molar-refractivity contribution in [3.63, 3.8) is 0 Å².